The average molecular weight is 567 g/mol. The van der Waals surface area contributed by atoms with E-state index in [9.17, 15) is 0 Å². The fraction of sp³-hybridized carbons (Fsp3) is 0.500. The van der Waals surface area contributed by atoms with Crippen molar-refractivity contribution in [1.29, 1.82) is 0 Å². The van der Waals surface area contributed by atoms with Crippen LogP contribution >= 0.6 is 0 Å². The summed E-state index contributed by atoms with van der Waals surface area (Å²) in [5.74, 6) is 0. The molecule has 2 nitrogen and oxygen atoms in total. The van der Waals surface area contributed by atoms with Crippen molar-refractivity contribution in [2.24, 2.45) is 0 Å². The maximum absolute atomic E-state index is 7.29. The molecule has 0 bridgehead atoms. The highest BCUT2D eigenvalue weighted by Gasteiger charge is 2.23. The van der Waals surface area contributed by atoms with Crippen LogP contribution in [0, 0.1) is 0 Å². The molecule has 1 aliphatic heterocycles. The van der Waals surface area contributed by atoms with Gasteiger partial charge in [-0.2, -0.15) is 0 Å². The quantitative estimate of drug-likeness (QED) is 0.0882. The standard InChI is InChI=1S/C38H50O.C2H4O/c1-3-5-7-9-11-13-29-37(35-27-19-23-31-21-15-17-25-33(31)35)39-38(30-14-12-10-8-6-4-2)36-28-20-24-32-22-16-18-26-34(32)36;1-2-3-1/h15-28,37-38H,3-14,29-30H2,1-2H3;1-2H2. The molecular weight excluding hydrogens is 512 g/mol. The number of epoxide rings is 1. The minimum atomic E-state index is 0.103. The molecule has 4 aromatic rings. The van der Waals surface area contributed by atoms with E-state index in [-0.39, 0.29) is 12.2 Å². The minimum Gasteiger partial charge on any atom is -0.377 e. The summed E-state index contributed by atoms with van der Waals surface area (Å²) in [4.78, 5) is 0. The van der Waals surface area contributed by atoms with E-state index < -0.39 is 0 Å². The smallest absolute Gasteiger partial charge is 0.0839 e. The van der Waals surface area contributed by atoms with Crippen LogP contribution in [0.1, 0.15) is 127 Å². The Morgan fingerprint density at radius 1 is 0.500 bits per heavy atom. The van der Waals surface area contributed by atoms with Gasteiger partial charge in [0.15, 0.2) is 0 Å². The Balaban J connectivity index is 0.00000127. The van der Waals surface area contributed by atoms with Crippen molar-refractivity contribution in [3.8, 4) is 0 Å². The lowest BCUT2D eigenvalue weighted by Crippen LogP contribution is -2.12. The molecule has 1 aliphatic rings. The lowest BCUT2D eigenvalue weighted by Gasteiger charge is -2.28. The van der Waals surface area contributed by atoms with E-state index in [1.807, 2.05) is 0 Å². The Bertz CT molecular complexity index is 1180. The molecule has 0 aliphatic carbocycles. The van der Waals surface area contributed by atoms with Crippen LogP contribution in [0.2, 0.25) is 0 Å². The molecule has 1 heterocycles. The molecule has 2 heteroatoms. The fourth-order valence-corrected chi connectivity index (χ4v) is 6.07. The second-order valence-electron chi connectivity index (χ2n) is 12.0. The lowest BCUT2D eigenvalue weighted by atomic mass is 9.94. The summed E-state index contributed by atoms with van der Waals surface area (Å²) in [5.41, 5.74) is 2.71. The molecule has 42 heavy (non-hydrogen) atoms. The van der Waals surface area contributed by atoms with Gasteiger partial charge in [-0.25, -0.2) is 0 Å². The first-order chi connectivity index (χ1) is 20.8. The van der Waals surface area contributed by atoms with Gasteiger partial charge >= 0.3 is 0 Å². The first-order valence-electron chi connectivity index (χ1n) is 17.0. The van der Waals surface area contributed by atoms with Gasteiger partial charge in [-0.05, 0) is 45.5 Å². The first kappa shape index (κ1) is 32.2. The maximum atomic E-state index is 7.29. The van der Waals surface area contributed by atoms with Gasteiger partial charge in [0.05, 0.1) is 25.4 Å². The van der Waals surface area contributed by atoms with Crippen molar-refractivity contribution in [2.45, 2.75) is 116 Å². The molecule has 2 atom stereocenters. The third kappa shape index (κ3) is 10.5. The number of hydrogen-bond acceptors (Lipinski definition) is 2. The summed E-state index contributed by atoms with van der Waals surface area (Å²) in [6.07, 6.45) is 18.1. The van der Waals surface area contributed by atoms with Crippen LogP contribution in [0.4, 0.5) is 0 Å². The Kier molecular flexibility index (Phi) is 14.4. The Morgan fingerprint density at radius 3 is 1.31 bits per heavy atom. The van der Waals surface area contributed by atoms with Crippen molar-refractivity contribution < 1.29 is 9.47 Å². The molecule has 4 aromatic carbocycles. The van der Waals surface area contributed by atoms with Gasteiger partial charge in [-0.15, -0.1) is 0 Å². The SMILES string of the molecule is C1CO1.CCCCCCCCC(OC(CCCCCCCC)c1cccc2ccccc12)c1cccc2ccccc12. The van der Waals surface area contributed by atoms with E-state index in [4.69, 9.17) is 4.74 Å². The zero-order valence-electron chi connectivity index (χ0n) is 26.4. The minimum absolute atomic E-state index is 0.103. The van der Waals surface area contributed by atoms with Crippen molar-refractivity contribution in [3.05, 3.63) is 96.1 Å². The summed E-state index contributed by atoms with van der Waals surface area (Å²) >= 11 is 0. The normalized spacial score (nSPS) is 14.0. The van der Waals surface area contributed by atoms with Gasteiger partial charge in [0.2, 0.25) is 0 Å². The van der Waals surface area contributed by atoms with Crippen LogP contribution in [-0.2, 0) is 9.47 Å². The van der Waals surface area contributed by atoms with Crippen LogP contribution in [0.3, 0.4) is 0 Å². The average Bonchev–Trinajstić information content (AvgIpc) is 3.93. The number of benzene rings is 4. The fourth-order valence-electron chi connectivity index (χ4n) is 6.07. The van der Waals surface area contributed by atoms with E-state index in [2.05, 4.69) is 104 Å². The zero-order valence-corrected chi connectivity index (χ0v) is 26.4. The van der Waals surface area contributed by atoms with Crippen LogP contribution in [0.15, 0.2) is 84.9 Å². The van der Waals surface area contributed by atoms with Crippen LogP contribution in [0.25, 0.3) is 21.5 Å². The van der Waals surface area contributed by atoms with Crippen molar-refractivity contribution in [1.82, 2.24) is 0 Å². The number of unbranched alkanes of at least 4 members (excludes halogenated alkanes) is 10. The van der Waals surface area contributed by atoms with Gasteiger partial charge in [0.1, 0.15) is 0 Å². The van der Waals surface area contributed by atoms with Crippen molar-refractivity contribution >= 4 is 21.5 Å². The summed E-state index contributed by atoms with van der Waals surface area (Å²) < 4.78 is 11.8. The number of fused-ring (bicyclic) bond motifs is 2. The molecule has 0 radical (unpaired) electrons. The van der Waals surface area contributed by atoms with Crippen molar-refractivity contribution in [2.75, 3.05) is 13.2 Å². The highest BCUT2D eigenvalue weighted by molar-refractivity contribution is 5.87. The number of hydrogen-bond donors (Lipinski definition) is 0. The second-order valence-corrected chi connectivity index (χ2v) is 12.0. The number of rotatable bonds is 18. The molecule has 2 unspecified atom stereocenters. The molecule has 0 aromatic heterocycles. The molecule has 0 saturated carbocycles. The summed E-state index contributed by atoms with van der Waals surface area (Å²) in [7, 11) is 0. The Morgan fingerprint density at radius 2 is 0.881 bits per heavy atom. The summed E-state index contributed by atoms with van der Waals surface area (Å²) in [6.45, 7) is 6.59. The maximum Gasteiger partial charge on any atom is 0.0839 e. The molecule has 5 rings (SSSR count). The third-order valence-electron chi connectivity index (χ3n) is 8.51. The molecule has 0 spiro atoms. The van der Waals surface area contributed by atoms with Gasteiger partial charge in [-0.1, -0.05) is 176 Å². The molecular formula is C40H54O2. The molecule has 226 valence electrons. The molecule has 0 N–H and O–H groups in total. The van der Waals surface area contributed by atoms with Gasteiger partial charge in [0, 0.05) is 0 Å². The monoisotopic (exact) mass is 566 g/mol. The highest BCUT2D eigenvalue weighted by atomic mass is 16.6. The van der Waals surface area contributed by atoms with E-state index in [0.29, 0.717) is 0 Å². The van der Waals surface area contributed by atoms with E-state index in [1.165, 1.54) is 110 Å². The van der Waals surface area contributed by atoms with E-state index in [1.54, 1.807) is 0 Å². The van der Waals surface area contributed by atoms with E-state index in [0.717, 1.165) is 26.1 Å². The Labute approximate surface area is 255 Å². The molecule has 0 amide bonds. The van der Waals surface area contributed by atoms with E-state index >= 15 is 0 Å². The van der Waals surface area contributed by atoms with Gasteiger partial charge < -0.3 is 9.47 Å². The van der Waals surface area contributed by atoms with Crippen LogP contribution in [0.5, 0.6) is 0 Å². The number of ether oxygens (including phenoxy) is 2. The summed E-state index contributed by atoms with van der Waals surface area (Å²) in [6, 6.07) is 31.2. The topological polar surface area (TPSA) is 21.8 Å². The van der Waals surface area contributed by atoms with Crippen LogP contribution in [-0.4, -0.2) is 13.2 Å². The Hall–Kier alpha value is -2.68. The zero-order chi connectivity index (χ0) is 29.2. The highest BCUT2D eigenvalue weighted by Crippen LogP contribution is 2.39. The van der Waals surface area contributed by atoms with Crippen LogP contribution < -0.4 is 0 Å². The predicted octanol–water partition coefficient (Wildman–Crippen LogP) is 12.3. The predicted molar refractivity (Wildman–Crippen MR) is 181 cm³/mol. The van der Waals surface area contributed by atoms with Gasteiger partial charge in [-0.3, -0.25) is 0 Å². The molecule has 1 saturated heterocycles. The lowest BCUT2D eigenvalue weighted by molar-refractivity contribution is -0.0249. The first-order valence-corrected chi connectivity index (χ1v) is 17.0. The largest absolute Gasteiger partial charge is 0.377 e. The summed E-state index contributed by atoms with van der Waals surface area (Å²) in [5, 5.41) is 5.30. The van der Waals surface area contributed by atoms with Gasteiger partial charge in [0.25, 0.3) is 0 Å². The third-order valence-corrected chi connectivity index (χ3v) is 8.51. The molecule has 1 fully saturated rings. The second kappa shape index (κ2) is 18.8. The van der Waals surface area contributed by atoms with Crippen molar-refractivity contribution in [3.63, 3.8) is 0 Å².